The van der Waals surface area contributed by atoms with Crippen molar-refractivity contribution in [3.63, 3.8) is 0 Å². The summed E-state index contributed by atoms with van der Waals surface area (Å²) >= 11 is 0. The molecule has 0 saturated carbocycles. The normalized spacial score (nSPS) is 10.2. The smallest absolute Gasteiger partial charge is 0.179 e. The molecule has 0 bridgehead atoms. The van der Waals surface area contributed by atoms with E-state index in [0.717, 1.165) is 24.1 Å². The Labute approximate surface area is 73.0 Å². The number of Topliss-reactive ketones (excluding diaryl/α,β-unsaturated/α-hetero) is 1. The minimum atomic E-state index is 0.212. The maximum Gasteiger partial charge on any atom is 0.179 e. The summed E-state index contributed by atoms with van der Waals surface area (Å²) in [5.41, 5.74) is 1.96. The van der Waals surface area contributed by atoms with E-state index in [1.807, 2.05) is 19.2 Å². The van der Waals surface area contributed by atoms with E-state index in [2.05, 4.69) is 11.9 Å². The fourth-order valence-electron chi connectivity index (χ4n) is 1.32. The van der Waals surface area contributed by atoms with Crippen molar-refractivity contribution in [2.24, 2.45) is 0 Å². The summed E-state index contributed by atoms with van der Waals surface area (Å²) in [7, 11) is 0. The average Bonchev–Trinajstić information content (AvgIpc) is 2.52. The van der Waals surface area contributed by atoms with Crippen molar-refractivity contribution >= 4 is 5.78 Å². The highest BCUT2D eigenvalue weighted by atomic mass is 16.1. The summed E-state index contributed by atoms with van der Waals surface area (Å²) in [6.07, 6.45) is 4.50. The lowest BCUT2D eigenvalue weighted by molar-refractivity contribution is 0.0983. The zero-order valence-corrected chi connectivity index (χ0v) is 7.68. The highest BCUT2D eigenvalue weighted by Gasteiger charge is 2.08. The number of carbonyl (C=O) groups is 1. The molecule has 12 heavy (non-hydrogen) atoms. The highest BCUT2D eigenvalue weighted by Crippen LogP contribution is 2.11. The molecule has 1 aromatic heterocycles. The molecule has 0 atom stereocenters. The average molecular weight is 165 g/mol. The van der Waals surface area contributed by atoms with E-state index >= 15 is 0 Å². The van der Waals surface area contributed by atoms with E-state index in [1.54, 1.807) is 0 Å². The molecular weight excluding hydrogens is 150 g/mol. The molecular formula is C10H15NO. The molecule has 0 radical (unpaired) electrons. The second kappa shape index (κ2) is 4.10. The molecule has 0 aliphatic heterocycles. The quantitative estimate of drug-likeness (QED) is 0.683. The van der Waals surface area contributed by atoms with Crippen LogP contribution in [0.2, 0.25) is 0 Å². The number of hydrogen-bond donors (Lipinski definition) is 1. The monoisotopic (exact) mass is 165 g/mol. The first-order valence-corrected chi connectivity index (χ1v) is 4.49. The van der Waals surface area contributed by atoms with Crippen molar-refractivity contribution in [2.45, 2.75) is 33.1 Å². The van der Waals surface area contributed by atoms with Gasteiger partial charge >= 0.3 is 0 Å². The van der Waals surface area contributed by atoms with Crippen LogP contribution in [-0.4, -0.2) is 10.8 Å². The van der Waals surface area contributed by atoms with Crippen LogP contribution in [0.1, 0.15) is 42.7 Å². The van der Waals surface area contributed by atoms with Gasteiger partial charge in [-0.1, -0.05) is 20.3 Å². The number of ketones is 1. The Balaban J connectivity index is 2.83. The van der Waals surface area contributed by atoms with Gasteiger partial charge in [0, 0.05) is 12.6 Å². The lowest BCUT2D eigenvalue weighted by Crippen LogP contribution is -2.00. The fourth-order valence-corrected chi connectivity index (χ4v) is 1.32. The van der Waals surface area contributed by atoms with Crippen molar-refractivity contribution in [1.82, 2.24) is 4.98 Å². The third-order valence-corrected chi connectivity index (χ3v) is 1.95. The molecule has 0 spiro atoms. The van der Waals surface area contributed by atoms with Gasteiger partial charge in [0.1, 0.15) is 0 Å². The molecule has 1 N–H and O–H groups in total. The maximum atomic E-state index is 11.3. The predicted molar refractivity (Wildman–Crippen MR) is 49.4 cm³/mol. The number of hydrogen-bond acceptors (Lipinski definition) is 1. The van der Waals surface area contributed by atoms with Crippen molar-refractivity contribution in [2.75, 3.05) is 0 Å². The number of aromatic amines is 1. The minimum Gasteiger partial charge on any atom is -0.359 e. The van der Waals surface area contributed by atoms with Gasteiger partial charge in [0.15, 0.2) is 5.78 Å². The standard InChI is InChI=1S/C10H15NO/c1-3-5-8-6-7-11-10(8)9(12)4-2/h6-7,11H,3-5H2,1-2H3. The van der Waals surface area contributed by atoms with E-state index in [9.17, 15) is 4.79 Å². The van der Waals surface area contributed by atoms with Crippen molar-refractivity contribution < 1.29 is 4.79 Å². The molecule has 0 amide bonds. The first-order valence-electron chi connectivity index (χ1n) is 4.49. The molecule has 2 nitrogen and oxygen atoms in total. The number of aryl methyl sites for hydroxylation is 1. The van der Waals surface area contributed by atoms with Gasteiger partial charge in [0.25, 0.3) is 0 Å². The van der Waals surface area contributed by atoms with Gasteiger partial charge in [-0.05, 0) is 18.1 Å². The summed E-state index contributed by atoms with van der Waals surface area (Å²) in [5.74, 6) is 0.212. The summed E-state index contributed by atoms with van der Waals surface area (Å²) in [6, 6.07) is 1.99. The largest absolute Gasteiger partial charge is 0.359 e. The number of nitrogens with one attached hydrogen (secondary N) is 1. The van der Waals surface area contributed by atoms with E-state index in [1.165, 1.54) is 0 Å². The number of aromatic nitrogens is 1. The van der Waals surface area contributed by atoms with Crippen LogP contribution in [-0.2, 0) is 6.42 Å². The van der Waals surface area contributed by atoms with Gasteiger partial charge in [0.05, 0.1) is 5.69 Å². The fraction of sp³-hybridized carbons (Fsp3) is 0.500. The highest BCUT2D eigenvalue weighted by molar-refractivity contribution is 5.95. The van der Waals surface area contributed by atoms with Crippen LogP contribution < -0.4 is 0 Å². The van der Waals surface area contributed by atoms with E-state index in [0.29, 0.717) is 6.42 Å². The molecule has 66 valence electrons. The van der Waals surface area contributed by atoms with E-state index < -0.39 is 0 Å². The number of rotatable bonds is 4. The van der Waals surface area contributed by atoms with Crippen LogP contribution in [0.15, 0.2) is 12.3 Å². The molecule has 2 heteroatoms. The van der Waals surface area contributed by atoms with Crippen LogP contribution in [0.3, 0.4) is 0 Å². The topological polar surface area (TPSA) is 32.9 Å². The second-order valence-electron chi connectivity index (χ2n) is 2.90. The molecule has 1 heterocycles. The Bertz CT molecular complexity index is 263. The van der Waals surface area contributed by atoms with Gasteiger partial charge in [0.2, 0.25) is 0 Å². The zero-order valence-electron chi connectivity index (χ0n) is 7.68. The van der Waals surface area contributed by atoms with E-state index in [4.69, 9.17) is 0 Å². The Morgan fingerprint density at radius 1 is 1.50 bits per heavy atom. The molecule has 0 unspecified atom stereocenters. The van der Waals surface area contributed by atoms with Gasteiger partial charge in [-0.3, -0.25) is 4.79 Å². The van der Waals surface area contributed by atoms with Crippen LogP contribution in [0, 0.1) is 0 Å². The van der Waals surface area contributed by atoms with Crippen molar-refractivity contribution in [3.05, 3.63) is 23.5 Å². The molecule has 1 rings (SSSR count). The first kappa shape index (κ1) is 9.04. The Morgan fingerprint density at radius 3 is 2.83 bits per heavy atom. The van der Waals surface area contributed by atoms with Crippen LogP contribution in [0.5, 0.6) is 0 Å². The Hall–Kier alpha value is -1.05. The molecule has 0 saturated heterocycles. The molecule has 0 aliphatic carbocycles. The number of H-pyrrole nitrogens is 1. The SMILES string of the molecule is CCCc1cc[nH]c1C(=O)CC. The summed E-state index contributed by atoms with van der Waals surface area (Å²) in [5, 5.41) is 0. The van der Waals surface area contributed by atoms with Gasteiger partial charge in [-0.2, -0.15) is 0 Å². The van der Waals surface area contributed by atoms with Gasteiger partial charge in [-0.15, -0.1) is 0 Å². The Kier molecular flexibility index (Phi) is 3.09. The number of carbonyl (C=O) groups excluding carboxylic acids is 1. The van der Waals surface area contributed by atoms with E-state index in [-0.39, 0.29) is 5.78 Å². The maximum absolute atomic E-state index is 11.3. The van der Waals surface area contributed by atoms with Gasteiger partial charge in [-0.25, -0.2) is 0 Å². The van der Waals surface area contributed by atoms with Crippen LogP contribution in [0.25, 0.3) is 0 Å². The third kappa shape index (κ3) is 1.76. The Morgan fingerprint density at radius 2 is 2.25 bits per heavy atom. The summed E-state index contributed by atoms with van der Waals surface area (Å²) < 4.78 is 0. The van der Waals surface area contributed by atoms with Crippen molar-refractivity contribution in [1.29, 1.82) is 0 Å². The summed E-state index contributed by atoms with van der Waals surface area (Å²) in [6.45, 7) is 4.01. The first-order chi connectivity index (χ1) is 5.79. The lowest BCUT2D eigenvalue weighted by atomic mass is 10.1. The second-order valence-corrected chi connectivity index (χ2v) is 2.90. The molecule has 0 aromatic carbocycles. The van der Waals surface area contributed by atoms with Crippen LogP contribution in [0.4, 0.5) is 0 Å². The zero-order chi connectivity index (χ0) is 8.97. The molecule has 0 aliphatic rings. The minimum absolute atomic E-state index is 0.212. The van der Waals surface area contributed by atoms with Crippen LogP contribution >= 0.6 is 0 Å². The molecule has 0 fully saturated rings. The van der Waals surface area contributed by atoms with Gasteiger partial charge < -0.3 is 4.98 Å². The summed E-state index contributed by atoms with van der Waals surface area (Å²) in [4.78, 5) is 14.3. The lowest BCUT2D eigenvalue weighted by Gasteiger charge is -1.98. The molecule has 1 aromatic rings. The van der Waals surface area contributed by atoms with Crippen molar-refractivity contribution in [3.8, 4) is 0 Å². The predicted octanol–water partition coefficient (Wildman–Crippen LogP) is 2.56. The third-order valence-electron chi connectivity index (χ3n) is 1.95.